The van der Waals surface area contributed by atoms with Crippen molar-refractivity contribution in [2.75, 3.05) is 44.7 Å². The van der Waals surface area contributed by atoms with Gasteiger partial charge in [-0.15, -0.1) is 0 Å². The van der Waals surface area contributed by atoms with Crippen molar-refractivity contribution in [3.63, 3.8) is 0 Å². The van der Waals surface area contributed by atoms with Gasteiger partial charge in [0.25, 0.3) is 0 Å². The van der Waals surface area contributed by atoms with Gasteiger partial charge in [-0.05, 0) is 0 Å². The molecule has 3 heterocycles. The fourth-order valence-corrected chi connectivity index (χ4v) is 6.98. The van der Waals surface area contributed by atoms with Crippen LogP contribution in [0.3, 0.4) is 0 Å². The van der Waals surface area contributed by atoms with Gasteiger partial charge in [-0.25, -0.2) is 0 Å². The van der Waals surface area contributed by atoms with Crippen LogP contribution in [0.2, 0.25) is 0 Å². The molecule has 0 unspecified atom stereocenters. The van der Waals surface area contributed by atoms with E-state index in [1.54, 1.807) is 30.9 Å². The van der Waals surface area contributed by atoms with E-state index in [4.69, 9.17) is 4.74 Å². The van der Waals surface area contributed by atoms with E-state index >= 15 is 4.39 Å². The normalized spacial score (nSPS) is 18.6. The minimum absolute atomic E-state index is 0.193. The second-order valence-electron chi connectivity index (χ2n) is 10.3. The molecular formula is C28H33AsF3N4O4. The molecule has 8 nitrogen and oxygen atoms in total. The molecule has 0 spiro atoms. The molecule has 40 heavy (non-hydrogen) atoms. The number of hydrogen-bond acceptors (Lipinski definition) is 6. The average molecular weight is 622 g/mol. The molecule has 0 saturated carbocycles. The van der Waals surface area contributed by atoms with Crippen molar-refractivity contribution >= 4 is 42.0 Å². The number of nitrogens with one attached hydrogen (secondary N) is 1. The number of nitrogens with zero attached hydrogens (tertiary/aromatic N) is 3. The van der Waals surface area contributed by atoms with Gasteiger partial charge in [0, 0.05) is 0 Å². The minimum atomic E-state index is -2.98. The van der Waals surface area contributed by atoms with Crippen LogP contribution in [0.1, 0.15) is 55.1 Å². The average Bonchev–Trinajstić information content (AvgIpc) is 2.90. The molecule has 2 aliphatic rings. The van der Waals surface area contributed by atoms with Gasteiger partial charge < -0.3 is 0 Å². The number of piperazine rings is 1. The van der Waals surface area contributed by atoms with Crippen molar-refractivity contribution in [1.29, 1.82) is 0 Å². The number of alkyl halides is 2. The van der Waals surface area contributed by atoms with Gasteiger partial charge in [-0.2, -0.15) is 0 Å². The molecule has 1 amide bonds. The molecule has 1 fully saturated rings. The van der Waals surface area contributed by atoms with Gasteiger partial charge in [-0.1, -0.05) is 0 Å². The summed E-state index contributed by atoms with van der Waals surface area (Å²) in [5, 5.41) is 0. The molecule has 1 N–H and O–H groups in total. The monoisotopic (exact) mass is 621 g/mol. The molecule has 4 rings (SSSR count). The van der Waals surface area contributed by atoms with Crippen molar-refractivity contribution in [3.8, 4) is 0 Å². The summed E-state index contributed by atoms with van der Waals surface area (Å²) < 4.78 is 48.3. The maximum absolute atomic E-state index is 15.6. The molecule has 12 heteroatoms. The van der Waals surface area contributed by atoms with Gasteiger partial charge in [0.05, 0.1) is 0 Å². The zero-order valence-corrected chi connectivity index (χ0v) is 24.8. The third-order valence-corrected chi connectivity index (χ3v) is 9.35. The second-order valence-corrected chi connectivity index (χ2v) is 12.7. The first-order valence-electron chi connectivity index (χ1n) is 13.1. The zero-order chi connectivity index (χ0) is 29.1. The Morgan fingerprint density at radius 2 is 1.90 bits per heavy atom. The van der Waals surface area contributed by atoms with E-state index in [0.29, 0.717) is 47.2 Å². The number of anilines is 1. The van der Waals surface area contributed by atoms with Crippen LogP contribution in [0.25, 0.3) is 5.57 Å². The Labute approximate surface area is 237 Å². The molecule has 0 bridgehead atoms. The van der Waals surface area contributed by atoms with Crippen LogP contribution in [0.4, 0.5) is 23.7 Å². The molecule has 1 radical (unpaired) electrons. The molecule has 1 saturated heterocycles. The van der Waals surface area contributed by atoms with Crippen LogP contribution < -0.4 is 14.8 Å². The van der Waals surface area contributed by atoms with Crippen molar-refractivity contribution in [1.82, 2.24) is 14.8 Å². The number of halogens is 3. The van der Waals surface area contributed by atoms with Crippen molar-refractivity contribution < 1.29 is 27.5 Å². The van der Waals surface area contributed by atoms with Crippen LogP contribution in [-0.2, 0) is 4.74 Å². The van der Waals surface area contributed by atoms with Gasteiger partial charge in [0.15, 0.2) is 0 Å². The van der Waals surface area contributed by atoms with Gasteiger partial charge in [0.2, 0.25) is 0 Å². The van der Waals surface area contributed by atoms with Crippen LogP contribution in [-0.4, -0.2) is 93.1 Å². The van der Waals surface area contributed by atoms with Crippen molar-refractivity contribution in [2.45, 2.75) is 45.8 Å². The molecule has 2 aliphatic heterocycles. The Morgan fingerprint density at radius 3 is 2.52 bits per heavy atom. The Morgan fingerprint density at radius 1 is 1.15 bits per heavy atom. The zero-order valence-electron chi connectivity index (χ0n) is 22.9. The number of rotatable bonds is 7. The first-order valence-corrected chi connectivity index (χ1v) is 15.0. The fourth-order valence-electron chi connectivity index (χ4n) is 4.79. The second kappa shape index (κ2) is 12.6. The number of ether oxygens (including phenoxy) is 1. The Hall–Kier alpha value is -3.04. The quantitative estimate of drug-likeness (QED) is 0.478. The Balaban J connectivity index is 1.69. The summed E-state index contributed by atoms with van der Waals surface area (Å²) in [5.74, 6) is -0.444. The summed E-state index contributed by atoms with van der Waals surface area (Å²) in [6.45, 7) is 8.20. The Kier molecular flexibility index (Phi) is 9.46. The van der Waals surface area contributed by atoms with Crippen molar-refractivity contribution in [3.05, 3.63) is 63.3 Å². The molecule has 2 aromatic rings. The van der Waals surface area contributed by atoms with Crippen LogP contribution in [0.15, 0.2) is 35.3 Å². The summed E-state index contributed by atoms with van der Waals surface area (Å²) in [5.41, 5.74) is 0.0675. The van der Waals surface area contributed by atoms with E-state index in [1.807, 2.05) is 11.9 Å². The maximum atomic E-state index is 15.6. The number of aromatic amines is 1. The number of likely N-dealkylation sites (N-methyl/N-ethyl adjacent to an activating group) is 1. The fraction of sp³-hybridized carbons (Fsp3) is 0.464. The summed E-state index contributed by atoms with van der Waals surface area (Å²) in [6, 6.07) is 4.04. The number of amides is 1. The topological polar surface area (TPSA) is 85.9 Å². The van der Waals surface area contributed by atoms with E-state index in [9.17, 15) is 23.2 Å². The Bertz CT molecular complexity index is 1360. The molecule has 215 valence electrons. The number of hydrogen-bond donors (Lipinski definition) is 1. The predicted molar refractivity (Wildman–Crippen MR) is 148 cm³/mol. The van der Waals surface area contributed by atoms with Gasteiger partial charge in [0.1, 0.15) is 0 Å². The predicted octanol–water partition coefficient (Wildman–Crippen LogP) is 3.40. The summed E-state index contributed by atoms with van der Waals surface area (Å²) >= 11 is -1.36. The standard InChI is InChI=1S/C28H33AsF3N4O4/c1-16(2)40-28(39)35-7-5-18(6-8-35)19-11-22(24(13-23(19)30)36-10-9-34(4)17(3)15-36)29-26(38)21-14-33-25(37)12-20(21)27(31)32/h5,11-14,16-17,27H,6-10,15H2,1-4H3,(H,33,37)/t17-/m1/s1. The number of pyridine rings is 1. The third-order valence-electron chi connectivity index (χ3n) is 7.16. The van der Waals surface area contributed by atoms with E-state index < -0.39 is 49.8 Å². The molecule has 1 aromatic heterocycles. The number of aromatic nitrogens is 1. The van der Waals surface area contributed by atoms with Crippen LogP contribution >= 0.6 is 0 Å². The first kappa shape index (κ1) is 29.9. The van der Waals surface area contributed by atoms with Crippen LogP contribution in [0.5, 0.6) is 0 Å². The van der Waals surface area contributed by atoms with E-state index in [0.717, 1.165) is 18.8 Å². The molecule has 1 atom stereocenters. The van der Waals surface area contributed by atoms with E-state index in [2.05, 4.69) is 16.8 Å². The van der Waals surface area contributed by atoms with Crippen LogP contribution in [0, 0.1) is 5.82 Å². The molecular weight excluding hydrogens is 588 g/mol. The van der Waals surface area contributed by atoms with Gasteiger partial charge >= 0.3 is 238 Å². The van der Waals surface area contributed by atoms with Gasteiger partial charge in [-0.3, -0.25) is 0 Å². The SMILES string of the molecule is CC(C)OC(=O)N1CC=C(c2cc([As]C(=O)c3c[nH]c(=O)cc3C(F)F)c(N3CCN(C)[C@H](C)C3)cc2F)CC1. The summed E-state index contributed by atoms with van der Waals surface area (Å²) in [6.07, 6.45) is -0.456. The molecule has 0 aliphatic carbocycles. The number of benzene rings is 1. The van der Waals surface area contributed by atoms with Crippen molar-refractivity contribution in [2.24, 2.45) is 0 Å². The molecule has 1 aromatic carbocycles. The summed E-state index contributed by atoms with van der Waals surface area (Å²) in [4.78, 5) is 45.4. The third kappa shape index (κ3) is 6.81. The first-order chi connectivity index (χ1) is 18.9. The van der Waals surface area contributed by atoms with E-state index in [-0.39, 0.29) is 24.3 Å². The summed E-state index contributed by atoms with van der Waals surface area (Å²) in [7, 11) is 2.01. The number of carbonyl (C=O) groups excluding carboxylic acids is 2. The number of H-pyrrole nitrogens is 1. The van der Waals surface area contributed by atoms with E-state index in [1.165, 1.54) is 6.07 Å². The number of carbonyl (C=O) groups is 2.